The van der Waals surface area contributed by atoms with Crippen molar-refractivity contribution in [2.75, 3.05) is 6.26 Å². The molecule has 18 heavy (non-hydrogen) atoms. The number of rotatable bonds is 3. The van der Waals surface area contributed by atoms with Gasteiger partial charge in [0, 0.05) is 0 Å². The molecule has 3 nitrogen and oxygen atoms in total. The maximum Gasteiger partial charge on any atom is 0.207 e. The Balaban J connectivity index is 2.69. The van der Waals surface area contributed by atoms with Gasteiger partial charge in [-0.15, -0.1) is 11.8 Å². The average molecular weight is 280 g/mol. The maximum absolute atomic E-state index is 13.3. The lowest BCUT2D eigenvalue weighted by molar-refractivity contribution is 0.104. The van der Waals surface area contributed by atoms with E-state index in [0.29, 0.717) is 4.38 Å². The van der Waals surface area contributed by atoms with Crippen LogP contribution in [0, 0.1) is 17.3 Å². The number of benzene rings is 1. The average Bonchev–Trinajstić information content (AvgIpc) is 2.38. The summed E-state index contributed by atoms with van der Waals surface area (Å²) in [6, 6.07) is 5.78. The van der Waals surface area contributed by atoms with Crippen molar-refractivity contribution in [2.45, 2.75) is 0 Å². The summed E-state index contributed by atoms with van der Waals surface area (Å²) in [6.07, 6.45) is 4.69. The van der Waals surface area contributed by atoms with Crippen LogP contribution in [0.5, 0.6) is 0 Å². The number of thioether (sulfide) groups is 2. The molecular formula is C12H9FN2OS2. The van der Waals surface area contributed by atoms with E-state index in [1.165, 1.54) is 41.4 Å². The molecule has 0 amide bonds. The first-order valence-electron chi connectivity index (χ1n) is 4.82. The van der Waals surface area contributed by atoms with Gasteiger partial charge in [0.1, 0.15) is 10.2 Å². The van der Waals surface area contributed by atoms with Gasteiger partial charge in [-0.1, -0.05) is 23.9 Å². The lowest BCUT2D eigenvalue weighted by atomic mass is 10.1. The van der Waals surface area contributed by atoms with Gasteiger partial charge in [0.15, 0.2) is 5.78 Å². The largest absolute Gasteiger partial charge is 0.289 e. The molecule has 0 aliphatic heterocycles. The Bertz CT molecular complexity index is 535. The summed E-state index contributed by atoms with van der Waals surface area (Å²) < 4.78 is 13.8. The third-order valence-corrected chi connectivity index (χ3v) is 3.64. The SMILES string of the molecule is CSC(=NC#N)S/C=C/C(=O)c1ccccc1F. The quantitative estimate of drug-likeness (QED) is 0.280. The Morgan fingerprint density at radius 1 is 1.50 bits per heavy atom. The molecule has 0 N–H and O–H groups in total. The molecule has 0 bridgehead atoms. The molecule has 0 radical (unpaired) electrons. The van der Waals surface area contributed by atoms with Crippen LogP contribution in [0.4, 0.5) is 4.39 Å². The van der Waals surface area contributed by atoms with E-state index in [1.54, 1.807) is 18.5 Å². The van der Waals surface area contributed by atoms with Crippen molar-refractivity contribution >= 4 is 33.7 Å². The highest BCUT2D eigenvalue weighted by Crippen LogP contribution is 2.16. The predicted molar refractivity (Wildman–Crippen MR) is 74.0 cm³/mol. The summed E-state index contributed by atoms with van der Waals surface area (Å²) in [5.41, 5.74) is 0.0253. The second kappa shape index (κ2) is 7.69. The topological polar surface area (TPSA) is 53.2 Å². The molecule has 0 atom stereocenters. The third-order valence-electron chi connectivity index (χ3n) is 1.84. The van der Waals surface area contributed by atoms with Crippen LogP contribution in [0.25, 0.3) is 0 Å². The van der Waals surface area contributed by atoms with E-state index in [4.69, 9.17) is 5.26 Å². The van der Waals surface area contributed by atoms with Crippen LogP contribution in [0.3, 0.4) is 0 Å². The number of ketones is 1. The van der Waals surface area contributed by atoms with Crippen LogP contribution >= 0.6 is 23.5 Å². The number of aliphatic imine (C=N–C) groups is 1. The van der Waals surface area contributed by atoms with Crippen molar-refractivity contribution in [1.29, 1.82) is 5.26 Å². The normalized spacial score (nSPS) is 11.5. The molecule has 0 fully saturated rings. The van der Waals surface area contributed by atoms with Gasteiger partial charge in [-0.25, -0.2) is 4.39 Å². The van der Waals surface area contributed by atoms with Crippen LogP contribution in [0.2, 0.25) is 0 Å². The smallest absolute Gasteiger partial charge is 0.207 e. The van der Waals surface area contributed by atoms with Crippen LogP contribution in [0.1, 0.15) is 10.4 Å². The van der Waals surface area contributed by atoms with Gasteiger partial charge in [-0.2, -0.15) is 10.3 Å². The fourth-order valence-corrected chi connectivity index (χ4v) is 2.15. The third kappa shape index (κ3) is 4.35. The summed E-state index contributed by atoms with van der Waals surface area (Å²) in [6.45, 7) is 0. The van der Waals surface area contributed by atoms with Crippen LogP contribution in [-0.4, -0.2) is 16.4 Å². The lowest BCUT2D eigenvalue weighted by Gasteiger charge is -1.97. The monoisotopic (exact) mass is 280 g/mol. The summed E-state index contributed by atoms with van der Waals surface area (Å²) in [5, 5.41) is 9.87. The van der Waals surface area contributed by atoms with Crippen molar-refractivity contribution < 1.29 is 9.18 Å². The van der Waals surface area contributed by atoms with Crippen molar-refractivity contribution in [2.24, 2.45) is 4.99 Å². The van der Waals surface area contributed by atoms with E-state index in [2.05, 4.69) is 4.99 Å². The standard InChI is InChI=1S/C12H9FN2OS2/c1-17-12(15-8-14)18-7-6-11(16)9-4-2-3-5-10(9)13/h2-7H,1H3/b7-6+,15-12?. The minimum Gasteiger partial charge on any atom is -0.289 e. The molecule has 0 unspecified atom stereocenters. The van der Waals surface area contributed by atoms with E-state index in [-0.39, 0.29) is 5.56 Å². The highest BCUT2D eigenvalue weighted by molar-refractivity contribution is 8.39. The summed E-state index contributed by atoms with van der Waals surface area (Å²) in [7, 11) is 0. The summed E-state index contributed by atoms with van der Waals surface area (Å²) >= 11 is 2.44. The fourth-order valence-electron chi connectivity index (χ4n) is 1.07. The molecule has 0 heterocycles. The molecule has 0 saturated heterocycles. The van der Waals surface area contributed by atoms with E-state index >= 15 is 0 Å². The van der Waals surface area contributed by atoms with Gasteiger partial charge in [0.05, 0.1) is 5.56 Å². The molecular weight excluding hydrogens is 271 g/mol. The van der Waals surface area contributed by atoms with Gasteiger partial charge >= 0.3 is 0 Å². The number of hydrogen-bond donors (Lipinski definition) is 0. The zero-order valence-electron chi connectivity index (χ0n) is 9.46. The maximum atomic E-state index is 13.3. The van der Waals surface area contributed by atoms with Gasteiger partial charge in [0.25, 0.3) is 0 Å². The Labute approximate surface area is 113 Å². The number of nitrogens with zero attached hydrogens (tertiary/aromatic N) is 2. The molecule has 1 aromatic rings. The second-order valence-electron chi connectivity index (χ2n) is 2.95. The zero-order chi connectivity index (χ0) is 13.4. The number of carbonyl (C=O) groups excluding carboxylic acids is 1. The van der Waals surface area contributed by atoms with E-state index < -0.39 is 11.6 Å². The minimum atomic E-state index is -0.548. The highest BCUT2D eigenvalue weighted by atomic mass is 32.2. The zero-order valence-corrected chi connectivity index (χ0v) is 11.1. The molecule has 0 spiro atoms. The molecule has 0 aromatic heterocycles. The van der Waals surface area contributed by atoms with Crippen LogP contribution < -0.4 is 0 Å². The Morgan fingerprint density at radius 2 is 2.22 bits per heavy atom. The van der Waals surface area contributed by atoms with Crippen molar-refractivity contribution in [3.63, 3.8) is 0 Å². The molecule has 0 aliphatic carbocycles. The Kier molecular flexibility index (Phi) is 6.19. The Hall–Kier alpha value is -1.58. The second-order valence-corrected chi connectivity index (χ2v) is 4.89. The van der Waals surface area contributed by atoms with Gasteiger partial charge < -0.3 is 0 Å². The first-order valence-corrected chi connectivity index (χ1v) is 6.92. The lowest BCUT2D eigenvalue weighted by Crippen LogP contribution is -1.97. The molecule has 0 saturated carbocycles. The molecule has 6 heteroatoms. The first-order chi connectivity index (χ1) is 8.69. The van der Waals surface area contributed by atoms with Crippen molar-refractivity contribution in [3.8, 4) is 6.19 Å². The number of halogens is 1. The molecule has 92 valence electrons. The van der Waals surface area contributed by atoms with E-state index in [1.807, 2.05) is 0 Å². The molecule has 1 aromatic carbocycles. The Morgan fingerprint density at radius 3 is 2.83 bits per heavy atom. The number of nitriles is 1. The van der Waals surface area contributed by atoms with E-state index in [0.717, 1.165) is 11.8 Å². The number of hydrogen-bond acceptors (Lipinski definition) is 5. The van der Waals surface area contributed by atoms with Gasteiger partial charge in [-0.3, -0.25) is 4.79 Å². The molecule has 1 rings (SSSR count). The van der Waals surface area contributed by atoms with Gasteiger partial charge in [0.2, 0.25) is 6.19 Å². The van der Waals surface area contributed by atoms with Crippen molar-refractivity contribution in [1.82, 2.24) is 0 Å². The minimum absolute atomic E-state index is 0.0253. The predicted octanol–water partition coefficient (Wildman–Crippen LogP) is 3.46. The number of carbonyl (C=O) groups is 1. The van der Waals surface area contributed by atoms with Crippen LogP contribution in [-0.2, 0) is 0 Å². The van der Waals surface area contributed by atoms with Gasteiger partial charge in [-0.05, 0) is 29.9 Å². The fraction of sp³-hybridized carbons (Fsp3) is 0.0833. The highest BCUT2D eigenvalue weighted by Gasteiger charge is 2.07. The first kappa shape index (κ1) is 14.5. The number of allylic oxidation sites excluding steroid dienone is 1. The molecule has 0 aliphatic rings. The van der Waals surface area contributed by atoms with E-state index in [9.17, 15) is 9.18 Å². The van der Waals surface area contributed by atoms with Crippen LogP contribution in [0.15, 0.2) is 40.7 Å². The summed E-state index contributed by atoms with van der Waals surface area (Å²) in [4.78, 5) is 15.2. The summed E-state index contributed by atoms with van der Waals surface area (Å²) in [5.74, 6) is -0.967. The van der Waals surface area contributed by atoms with Crippen molar-refractivity contribution in [3.05, 3.63) is 47.1 Å².